The van der Waals surface area contributed by atoms with Crippen molar-refractivity contribution in [2.45, 2.75) is 33.1 Å². The fourth-order valence-electron chi connectivity index (χ4n) is 2.08. The van der Waals surface area contributed by atoms with Crippen molar-refractivity contribution in [3.8, 4) is 11.5 Å². The van der Waals surface area contributed by atoms with Gasteiger partial charge in [0.15, 0.2) is 5.75 Å². The van der Waals surface area contributed by atoms with Gasteiger partial charge in [-0.15, -0.1) is 0 Å². The van der Waals surface area contributed by atoms with Crippen LogP contribution in [0.25, 0.3) is 0 Å². The maximum Gasteiger partial charge on any atom is 0.152 e. The molecule has 0 aliphatic rings. The average molecular weight is 308 g/mol. The van der Waals surface area contributed by atoms with Gasteiger partial charge >= 0.3 is 0 Å². The van der Waals surface area contributed by atoms with Crippen LogP contribution in [0.3, 0.4) is 0 Å². The van der Waals surface area contributed by atoms with Crippen LogP contribution in [-0.2, 0) is 5.41 Å². The van der Waals surface area contributed by atoms with Crippen LogP contribution in [0.15, 0.2) is 30.3 Å². The first-order valence-corrected chi connectivity index (χ1v) is 7.10. The summed E-state index contributed by atoms with van der Waals surface area (Å²) in [6.07, 6.45) is 0. The molecule has 21 heavy (non-hydrogen) atoms. The summed E-state index contributed by atoms with van der Waals surface area (Å²) in [5.41, 5.74) is 8.07. The van der Waals surface area contributed by atoms with Crippen molar-refractivity contribution in [3.63, 3.8) is 0 Å². The van der Waals surface area contributed by atoms with E-state index < -0.39 is 5.82 Å². The van der Waals surface area contributed by atoms with Crippen LogP contribution >= 0.6 is 11.6 Å². The molecule has 0 bridgehead atoms. The highest BCUT2D eigenvalue weighted by Crippen LogP contribution is 2.38. The van der Waals surface area contributed by atoms with E-state index >= 15 is 0 Å². The third kappa shape index (κ3) is 3.48. The molecule has 0 saturated heterocycles. The van der Waals surface area contributed by atoms with Crippen molar-refractivity contribution < 1.29 is 9.13 Å². The largest absolute Gasteiger partial charge is 0.455 e. The van der Waals surface area contributed by atoms with Gasteiger partial charge < -0.3 is 10.5 Å². The predicted octanol–water partition coefficient (Wildman–Crippen LogP) is 5.46. The number of halogens is 2. The standard InChI is InChI=1S/C17H19ClFNO/c1-10-5-6-11(17(2,3)4)15(7-10)21-16-8-12(18)13(19)9-14(16)20/h5-9H,20H2,1-4H3. The molecule has 0 fully saturated rings. The second kappa shape index (κ2) is 5.57. The number of anilines is 1. The van der Waals surface area contributed by atoms with Crippen LogP contribution in [-0.4, -0.2) is 0 Å². The first-order chi connectivity index (χ1) is 9.68. The predicted molar refractivity (Wildman–Crippen MR) is 85.8 cm³/mol. The average Bonchev–Trinajstić information content (AvgIpc) is 2.34. The van der Waals surface area contributed by atoms with Crippen molar-refractivity contribution >= 4 is 17.3 Å². The Kier molecular flexibility index (Phi) is 4.15. The van der Waals surface area contributed by atoms with Crippen molar-refractivity contribution in [1.82, 2.24) is 0 Å². The highest BCUT2D eigenvalue weighted by molar-refractivity contribution is 6.31. The number of ether oxygens (including phenoxy) is 1. The normalized spacial score (nSPS) is 11.5. The lowest BCUT2D eigenvalue weighted by Crippen LogP contribution is -2.12. The lowest BCUT2D eigenvalue weighted by Gasteiger charge is -2.23. The van der Waals surface area contributed by atoms with Crippen LogP contribution in [0, 0.1) is 12.7 Å². The zero-order valence-corrected chi connectivity index (χ0v) is 13.4. The number of rotatable bonds is 2. The molecule has 0 amide bonds. The van der Waals surface area contributed by atoms with Gasteiger partial charge in [0, 0.05) is 17.7 Å². The Labute approximate surface area is 129 Å². The van der Waals surface area contributed by atoms with Gasteiger partial charge in [-0.1, -0.05) is 44.5 Å². The summed E-state index contributed by atoms with van der Waals surface area (Å²) in [6.45, 7) is 8.29. The minimum absolute atomic E-state index is 0.0100. The van der Waals surface area contributed by atoms with E-state index in [0.29, 0.717) is 11.5 Å². The number of aryl methyl sites for hydroxylation is 1. The van der Waals surface area contributed by atoms with Gasteiger partial charge in [-0.25, -0.2) is 4.39 Å². The van der Waals surface area contributed by atoms with E-state index in [2.05, 4.69) is 20.8 Å². The molecule has 0 aliphatic carbocycles. The molecule has 0 saturated carbocycles. The molecule has 112 valence electrons. The first-order valence-electron chi connectivity index (χ1n) is 6.72. The van der Waals surface area contributed by atoms with E-state index in [1.807, 2.05) is 25.1 Å². The third-order valence-corrected chi connectivity index (χ3v) is 3.51. The Bertz CT molecular complexity index is 677. The zero-order chi connectivity index (χ0) is 15.8. The molecule has 2 aromatic rings. The minimum atomic E-state index is -0.554. The van der Waals surface area contributed by atoms with E-state index in [1.165, 1.54) is 12.1 Å². The third-order valence-electron chi connectivity index (χ3n) is 3.22. The summed E-state index contributed by atoms with van der Waals surface area (Å²) in [4.78, 5) is 0. The maximum atomic E-state index is 13.4. The number of benzene rings is 2. The van der Waals surface area contributed by atoms with E-state index in [4.69, 9.17) is 22.1 Å². The molecule has 0 aliphatic heterocycles. The summed E-state index contributed by atoms with van der Waals surface area (Å²) in [5.74, 6) is 0.510. The second-order valence-corrected chi connectivity index (χ2v) is 6.56. The van der Waals surface area contributed by atoms with E-state index in [0.717, 1.165) is 11.1 Å². The molecular formula is C17H19ClFNO. The summed E-state index contributed by atoms with van der Waals surface area (Å²) < 4.78 is 19.3. The van der Waals surface area contributed by atoms with Gasteiger partial charge in [0.1, 0.15) is 11.6 Å². The van der Waals surface area contributed by atoms with Crippen molar-refractivity contribution in [1.29, 1.82) is 0 Å². The Morgan fingerprint density at radius 3 is 2.38 bits per heavy atom. The highest BCUT2D eigenvalue weighted by atomic mass is 35.5. The van der Waals surface area contributed by atoms with Gasteiger partial charge in [-0.05, 0) is 24.0 Å². The van der Waals surface area contributed by atoms with Crippen molar-refractivity contribution in [2.75, 3.05) is 5.73 Å². The smallest absolute Gasteiger partial charge is 0.152 e. The molecule has 0 atom stereocenters. The molecule has 0 spiro atoms. The summed E-state index contributed by atoms with van der Waals surface area (Å²) >= 11 is 5.80. The van der Waals surface area contributed by atoms with Crippen LogP contribution in [0.4, 0.5) is 10.1 Å². The molecule has 4 heteroatoms. The summed E-state index contributed by atoms with van der Waals surface area (Å²) in [5, 5.41) is -0.0100. The number of nitrogen functional groups attached to an aromatic ring is 1. The van der Waals surface area contributed by atoms with Crippen LogP contribution < -0.4 is 10.5 Å². The Morgan fingerprint density at radius 2 is 1.76 bits per heavy atom. The Hall–Kier alpha value is -1.74. The first kappa shape index (κ1) is 15.6. The van der Waals surface area contributed by atoms with E-state index in [9.17, 15) is 4.39 Å². The Balaban J connectivity index is 2.49. The number of hydrogen-bond acceptors (Lipinski definition) is 2. The number of hydrogen-bond donors (Lipinski definition) is 1. The Morgan fingerprint density at radius 1 is 1.10 bits per heavy atom. The fourth-order valence-corrected chi connectivity index (χ4v) is 2.24. The molecule has 2 aromatic carbocycles. The van der Waals surface area contributed by atoms with Gasteiger partial charge in [-0.2, -0.15) is 0 Å². The molecule has 2 rings (SSSR count). The van der Waals surface area contributed by atoms with Gasteiger partial charge in [0.05, 0.1) is 10.7 Å². The molecule has 2 N–H and O–H groups in total. The molecular weight excluding hydrogens is 289 g/mol. The second-order valence-electron chi connectivity index (χ2n) is 6.16. The summed E-state index contributed by atoms with van der Waals surface area (Å²) in [7, 11) is 0. The van der Waals surface area contributed by atoms with Crippen LogP contribution in [0.5, 0.6) is 11.5 Å². The molecule has 2 nitrogen and oxygen atoms in total. The molecule has 0 unspecified atom stereocenters. The monoisotopic (exact) mass is 307 g/mol. The minimum Gasteiger partial charge on any atom is -0.455 e. The lowest BCUT2D eigenvalue weighted by molar-refractivity contribution is 0.455. The van der Waals surface area contributed by atoms with Gasteiger partial charge in [0.25, 0.3) is 0 Å². The highest BCUT2D eigenvalue weighted by Gasteiger charge is 2.20. The SMILES string of the molecule is Cc1ccc(C(C)(C)C)c(Oc2cc(Cl)c(F)cc2N)c1. The van der Waals surface area contributed by atoms with E-state index in [-0.39, 0.29) is 16.1 Å². The molecule has 0 heterocycles. The maximum absolute atomic E-state index is 13.4. The topological polar surface area (TPSA) is 35.2 Å². The van der Waals surface area contributed by atoms with Crippen LogP contribution in [0.2, 0.25) is 5.02 Å². The zero-order valence-electron chi connectivity index (χ0n) is 12.6. The quantitative estimate of drug-likeness (QED) is 0.748. The summed E-state index contributed by atoms with van der Waals surface area (Å²) in [6, 6.07) is 8.59. The molecule has 0 radical (unpaired) electrons. The lowest BCUT2D eigenvalue weighted by atomic mass is 9.86. The fraction of sp³-hybridized carbons (Fsp3) is 0.294. The van der Waals surface area contributed by atoms with Gasteiger partial charge in [-0.3, -0.25) is 0 Å². The van der Waals surface area contributed by atoms with Crippen molar-refractivity contribution in [2.24, 2.45) is 0 Å². The molecule has 0 aromatic heterocycles. The van der Waals surface area contributed by atoms with Gasteiger partial charge in [0.2, 0.25) is 0 Å². The van der Waals surface area contributed by atoms with E-state index in [1.54, 1.807) is 0 Å². The number of nitrogens with two attached hydrogens (primary N) is 1. The van der Waals surface area contributed by atoms with Crippen LogP contribution in [0.1, 0.15) is 31.9 Å². The van der Waals surface area contributed by atoms with Crippen molar-refractivity contribution in [3.05, 3.63) is 52.3 Å².